The second kappa shape index (κ2) is 9.82. The summed E-state index contributed by atoms with van der Waals surface area (Å²) in [5, 5.41) is 49.9. The smallest absolute Gasteiger partial charge is 0.115 e. The summed E-state index contributed by atoms with van der Waals surface area (Å²) in [6, 6.07) is 13.4. The maximum atomic E-state index is 10.5. The molecule has 2 rings (SSSR count). The number of hydrogen-bond acceptors (Lipinski definition) is 6. The Kier molecular flexibility index (Phi) is 7.77. The highest BCUT2D eigenvalue weighted by molar-refractivity contribution is 5.28. The van der Waals surface area contributed by atoms with Crippen molar-refractivity contribution < 1.29 is 25.5 Å². The minimum absolute atomic E-state index is 0.0547. The van der Waals surface area contributed by atoms with E-state index in [-0.39, 0.29) is 25.4 Å². The van der Waals surface area contributed by atoms with Crippen LogP contribution in [0.15, 0.2) is 48.5 Å². The largest absolute Gasteiger partial charge is 0.508 e. The summed E-state index contributed by atoms with van der Waals surface area (Å²) in [6.07, 6.45) is -2.42. The zero-order chi connectivity index (χ0) is 20.0. The normalized spacial score (nSPS) is 16.1. The topological polar surface area (TPSA) is 104 Å². The summed E-state index contributed by atoms with van der Waals surface area (Å²) in [4.78, 5) is 1.79. The van der Waals surface area contributed by atoms with Crippen molar-refractivity contribution in [2.45, 2.75) is 31.8 Å². The van der Waals surface area contributed by atoms with Crippen LogP contribution >= 0.6 is 0 Å². The van der Waals surface area contributed by atoms with Crippen molar-refractivity contribution in [3.63, 3.8) is 0 Å². The van der Waals surface area contributed by atoms with Crippen LogP contribution in [0.4, 0.5) is 0 Å². The third kappa shape index (κ3) is 6.02. The molecule has 4 atom stereocenters. The first-order chi connectivity index (χ1) is 12.8. The molecule has 2 aromatic carbocycles. The van der Waals surface area contributed by atoms with Gasteiger partial charge in [0.15, 0.2) is 0 Å². The second-order valence-electron chi connectivity index (χ2n) is 7.10. The van der Waals surface area contributed by atoms with E-state index in [1.54, 1.807) is 61.3 Å². The number of phenols is 1. The highest BCUT2D eigenvalue weighted by Gasteiger charge is 2.25. The van der Waals surface area contributed by atoms with Crippen LogP contribution in [0.5, 0.6) is 5.75 Å². The highest BCUT2D eigenvalue weighted by atomic mass is 16.3. The van der Waals surface area contributed by atoms with Gasteiger partial charge in [-0.05, 0) is 35.9 Å². The summed E-state index contributed by atoms with van der Waals surface area (Å²) < 4.78 is 0. The number of benzene rings is 2. The highest BCUT2D eigenvalue weighted by Crippen LogP contribution is 2.26. The van der Waals surface area contributed by atoms with Crippen molar-refractivity contribution >= 4 is 0 Å². The number of aromatic hydroxyl groups is 1. The SMILES string of the molecule is C[C@@H]([C@H](O)c1ccc(CO)cc1)[C@@H](O)CN(C)C[C@@H](O)c1cccc(O)c1. The lowest BCUT2D eigenvalue weighted by Gasteiger charge is -2.29. The molecule has 0 amide bonds. The Morgan fingerprint density at radius 3 is 2.19 bits per heavy atom. The number of aliphatic hydroxyl groups excluding tert-OH is 4. The number of aliphatic hydroxyl groups is 4. The van der Waals surface area contributed by atoms with E-state index in [2.05, 4.69) is 0 Å². The fourth-order valence-electron chi connectivity index (χ4n) is 3.03. The van der Waals surface area contributed by atoms with Crippen molar-refractivity contribution in [2.24, 2.45) is 5.92 Å². The van der Waals surface area contributed by atoms with Crippen molar-refractivity contribution in [1.29, 1.82) is 0 Å². The maximum absolute atomic E-state index is 10.5. The fraction of sp³-hybridized carbons (Fsp3) is 0.429. The summed E-state index contributed by atoms with van der Waals surface area (Å²) in [5.41, 5.74) is 2.05. The summed E-state index contributed by atoms with van der Waals surface area (Å²) in [6.45, 7) is 2.28. The first kappa shape index (κ1) is 21.3. The Balaban J connectivity index is 1.90. The molecule has 27 heavy (non-hydrogen) atoms. The molecule has 0 radical (unpaired) electrons. The van der Waals surface area contributed by atoms with E-state index in [0.717, 1.165) is 5.56 Å². The van der Waals surface area contributed by atoms with Gasteiger partial charge in [-0.2, -0.15) is 0 Å². The lowest BCUT2D eigenvalue weighted by molar-refractivity contribution is -0.000719. The van der Waals surface area contributed by atoms with E-state index in [0.29, 0.717) is 11.1 Å². The molecule has 0 unspecified atom stereocenters. The molecule has 6 nitrogen and oxygen atoms in total. The third-order valence-electron chi connectivity index (χ3n) is 4.85. The van der Waals surface area contributed by atoms with E-state index in [9.17, 15) is 20.4 Å². The second-order valence-corrected chi connectivity index (χ2v) is 7.10. The molecule has 0 heterocycles. The fourth-order valence-corrected chi connectivity index (χ4v) is 3.03. The molecule has 0 aliphatic heterocycles. The molecule has 0 aliphatic carbocycles. The van der Waals surface area contributed by atoms with E-state index < -0.39 is 24.2 Å². The van der Waals surface area contributed by atoms with Gasteiger partial charge in [-0.15, -0.1) is 0 Å². The van der Waals surface area contributed by atoms with Gasteiger partial charge in [0.05, 0.1) is 24.9 Å². The van der Waals surface area contributed by atoms with Gasteiger partial charge in [0, 0.05) is 19.0 Å². The average molecular weight is 375 g/mol. The zero-order valence-electron chi connectivity index (χ0n) is 15.7. The minimum atomic E-state index is -0.836. The molecule has 5 N–H and O–H groups in total. The van der Waals surface area contributed by atoms with Gasteiger partial charge < -0.3 is 30.4 Å². The van der Waals surface area contributed by atoms with Crippen molar-refractivity contribution in [3.05, 3.63) is 65.2 Å². The van der Waals surface area contributed by atoms with Crippen molar-refractivity contribution in [2.75, 3.05) is 20.1 Å². The standard InChI is InChI=1S/C21H29NO5/c1-14(21(27)16-8-6-15(13-23)7-9-16)19(25)11-22(2)12-20(26)17-4-3-5-18(24)10-17/h3-10,14,19-21,23-27H,11-13H2,1-2H3/t14-,19+,20-,21+/m1/s1. The lowest BCUT2D eigenvalue weighted by Crippen LogP contribution is -2.37. The average Bonchev–Trinajstić information content (AvgIpc) is 2.66. The van der Waals surface area contributed by atoms with Crippen molar-refractivity contribution in [1.82, 2.24) is 4.90 Å². The number of hydrogen-bond donors (Lipinski definition) is 5. The summed E-state index contributed by atoms with van der Waals surface area (Å²) >= 11 is 0. The van der Waals surface area contributed by atoms with Crippen LogP contribution in [0.1, 0.15) is 35.8 Å². The predicted octanol–water partition coefficient (Wildman–Crippen LogP) is 1.58. The Hall–Kier alpha value is -1.96. The minimum Gasteiger partial charge on any atom is -0.508 e. The number of nitrogens with zero attached hydrogens (tertiary/aromatic N) is 1. The first-order valence-electron chi connectivity index (χ1n) is 9.03. The molecule has 0 saturated carbocycles. The molecule has 0 fully saturated rings. The molecular formula is C21H29NO5. The quantitative estimate of drug-likeness (QED) is 0.456. The number of rotatable bonds is 9. The molecule has 6 heteroatoms. The monoisotopic (exact) mass is 375 g/mol. The first-order valence-corrected chi connectivity index (χ1v) is 9.03. The number of phenolic OH excluding ortho intramolecular Hbond substituents is 1. The van der Waals surface area contributed by atoms with Crippen LogP contribution in [0.2, 0.25) is 0 Å². The van der Waals surface area contributed by atoms with Gasteiger partial charge in [0.25, 0.3) is 0 Å². The summed E-state index contributed by atoms with van der Waals surface area (Å²) in [5.74, 6) is -0.316. The Labute approximate surface area is 160 Å². The van der Waals surface area contributed by atoms with Gasteiger partial charge in [-0.25, -0.2) is 0 Å². The van der Waals surface area contributed by atoms with Gasteiger partial charge in [0.1, 0.15) is 5.75 Å². The van der Waals surface area contributed by atoms with E-state index in [1.165, 1.54) is 6.07 Å². The molecule has 0 saturated heterocycles. The molecule has 0 aliphatic rings. The van der Waals surface area contributed by atoms with E-state index in [4.69, 9.17) is 5.11 Å². The zero-order valence-corrected chi connectivity index (χ0v) is 15.7. The van der Waals surface area contributed by atoms with Crippen molar-refractivity contribution in [3.8, 4) is 5.75 Å². The molecule has 0 bridgehead atoms. The summed E-state index contributed by atoms with van der Waals surface area (Å²) in [7, 11) is 1.78. The Bertz CT molecular complexity index is 706. The lowest BCUT2D eigenvalue weighted by atomic mass is 9.91. The third-order valence-corrected chi connectivity index (χ3v) is 4.85. The van der Waals surface area contributed by atoms with Crippen LogP contribution in [0.25, 0.3) is 0 Å². The number of likely N-dealkylation sites (N-methyl/N-ethyl adjacent to an activating group) is 1. The van der Waals surface area contributed by atoms with Crippen LogP contribution < -0.4 is 0 Å². The van der Waals surface area contributed by atoms with Gasteiger partial charge in [-0.1, -0.05) is 43.3 Å². The van der Waals surface area contributed by atoms with Gasteiger partial charge in [0.2, 0.25) is 0 Å². The Morgan fingerprint density at radius 2 is 1.59 bits per heavy atom. The predicted molar refractivity (Wildman–Crippen MR) is 103 cm³/mol. The van der Waals surface area contributed by atoms with Crippen LogP contribution in [-0.4, -0.2) is 56.7 Å². The van der Waals surface area contributed by atoms with E-state index >= 15 is 0 Å². The van der Waals surface area contributed by atoms with Gasteiger partial charge in [-0.3, -0.25) is 0 Å². The maximum Gasteiger partial charge on any atom is 0.115 e. The molecule has 0 spiro atoms. The van der Waals surface area contributed by atoms with Crippen LogP contribution in [0, 0.1) is 5.92 Å². The van der Waals surface area contributed by atoms with Crippen LogP contribution in [-0.2, 0) is 6.61 Å². The molecular weight excluding hydrogens is 346 g/mol. The molecule has 0 aromatic heterocycles. The van der Waals surface area contributed by atoms with Crippen LogP contribution in [0.3, 0.4) is 0 Å². The van der Waals surface area contributed by atoms with E-state index in [1.807, 2.05) is 0 Å². The van der Waals surface area contributed by atoms with Gasteiger partial charge >= 0.3 is 0 Å². The molecule has 148 valence electrons. The Morgan fingerprint density at radius 1 is 0.926 bits per heavy atom. The molecule has 2 aromatic rings.